The first-order chi connectivity index (χ1) is 13.4. The Bertz CT molecular complexity index is 951. The number of rotatable bonds is 4. The number of hydrogen-bond donors (Lipinski definition) is 2. The summed E-state index contributed by atoms with van der Waals surface area (Å²) >= 11 is 0.871. The Labute approximate surface area is 166 Å². The van der Waals surface area contributed by atoms with E-state index in [-0.39, 0.29) is 12.3 Å². The number of anilines is 2. The van der Waals surface area contributed by atoms with Crippen LogP contribution in [0.1, 0.15) is 28.9 Å². The first kappa shape index (κ1) is 18.5. The smallest absolute Gasteiger partial charge is 0.286 e. The molecule has 1 aromatic carbocycles. The van der Waals surface area contributed by atoms with Crippen LogP contribution in [0.25, 0.3) is 0 Å². The SMILES string of the molecule is Cc1cccc(C)c1Nc1noc2c1CN(C(=O)CC1SC(=O)NC1=O)CC2. The number of carbonyl (C=O) groups excluding carboxylic acids is 3. The molecule has 0 radical (unpaired) electrons. The van der Waals surface area contributed by atoms with Gasteiger partial charge in [-0.15, -0.1) is 0 Å². The first-order valence-electron chi connectivity index (χ1n) is 9.02. The Balaban J connectivity index is 1.49. The second-order valence-electron chi connectivity index (χ2n) is 6.98. The van der Waals surface area contributed by atoms with Gasteiger partial charge in [0, 0.05) is 25.1 Å². The number of nitrogens with zero attached hydrogens (tertiary/aromatic N) is 2. The number of thioether (sulfide) groups is 1. The van der Waals surface area contributed by atoms with Crippen molar-refractivity contribution in [2.24, 2.45) is 0 Å². The lowest BCUT2D eigenvalue weighted by molar-refractivity contribution is -0.133. The number of aryl methyl sites for hydroxylation is 2. The van der Waals surface area contributed by atoms with Crippen molar-refractivity contribution in [1.29, 1.82) is 0 Å². The number of imide groups is 1. The third-order valence-corrected chi connectivity index (χ3v) is 6.01. The zero-order chi connectivity index (χ0) is 19.8. The number of nitrogens with one attached hydrogen (secondary N) is 2. The standard InChI is InChI=1S/C19H20N4O4S/c1-10-4-3-5-11(2)16(10)20-17-12-9-23(7-6-13(12)27-22-17)15(24)8-14-18(25)21-19(26)28-14/h3-5,14H,6-9H2,1-2H3,(H,20,22)(H,21,25,26). The summed E-state index contributed by atoms with van der Waals surface area (Å²) in [6.45, 7) is 4.89. The van der Waals surface area contributed by atoms with Gasteiger partial charge in [-0.25, -0.2) is 0 Å². The molecule has 1 atom stereocenters. The maximum Gasteiger partial charge on any atom is 0.286 e. The largest absolute Gasteiger partial charge is 0.359 e. The highest BCUT2D eigenvalue weighted by Crippen LogP contribution is 2.31. The molecule has 3 amide bonds. The van der Waals surface area contributed by atoms with Crippen LogP contribution in [0, 0.1) is 13.8 Å². The summed E-state index contributed by atoms with van der Waals surface area (Å²) in [6.07, 6.45) is 0.563. The minimum absolute atomic E-state index is 0.00250. The van der Waals surface area contributed by atoms with Crippen molar-refractivity contribution in [1.82, 2.24) is 15.4 Å². The number of benzene rings is 1. The van der Waals surface area contributed by atoms with Crippen molar-refractivity contribution < 1.29 is 18.9 Å². The highest BCUT2D eigenvalue weighted by molar-refractivity contribution is 8.15. The van der Waals surface area contributed by atoms with Gasteiger partial charge in [-0.05, 0) is 25.0 Å². The number of carbonyl (C=O) groups is 3. The van der Waals surface area contributed by atoms with Gasteiger partial charge in [0.1, 0.15) is 11.0 Å². The molecular weight excluding hydrogens is 380 g/mol. The molecule has 2 aromatic rings. The maximum atomic E-state index is 12.7. The second kappa shape index (κ2) is 7.31. The highest BCUT2D eigenvalue weighted by atomic mass is 32.2. The molecule has 1 fully saturated rings. The number of hydrogen-bond acceptors (Lipinski definition) is 7. The van der Waals surface area contributed by atoms with Gasteiger partial charge in [-0.3, -0.25) is 19.7 Å². The van der Waals surface area contributed by atoms with E-state index in [4.69, 9.17) is 4.52 Å². The van der Waals surface area contributed by atoms with Crippen molar-refractivity contribution in [2.45, 2.75) is 38.5 Å². The van der Waals surface area contributed by atoms with Crippen molar-refractivity contribution in [2.75, 3.05) is 11.9 Å². The van der Waals surface area contributed by atoms with Crippen molar-refractivity contribution in [3.05, 3.63) is 40.6 Å². The van der Waals surface area contributed by atoms with Crippen molar-refractivity contribution in [3.8, 4) is 0 Å². The average Bonchev–Trinajstić information content (AvgIpc) is 3.20. The summed E-state index contributed by atoms with van der Waals surface area (Å²) in [5.41, 5.74) is 4.00. The van der Waals surface area contributed by atoms with Crippen molar-refractivity contribution >= 4 is 40.3 Å². The molecular formula is C19H20N4O4S. The molecule has 146 valence electrons. The third kappa shape index (κ3) is 3.49. The van der Waals surface area contributed by atoms with Crippen LogP contribution >= 0.6 is 11.8 Å². The normalized spacial score (nSPS) is 18.8. The molecule has 0 saturated carbocycles. The Morgan fingerprint density at radius 1 is 1.36 bits per heavy atom. The van der Waals surface area contributed by atoms with Crippen LogP contribution < -0.4 is 10.6 Å². The predicted molar refractivity (Wildman–Crippen MR) is 104 cm³/mol. The van der Waals surface area contributed by atoms with Crippen LogP contribution in [0.4, 0.5) is 16.3 Å². The van der Waals surface area contributed by atoms with Crippen LogP contribution in [0.3, 0.4) is 0 Å². The van der Waals surface area contributed by atoms with Crippen LogP contribution in [0.2, 0.25) is 0 Å². The van der Waals surface area contributed by atoms with Gasteiger partial charge in [0.05, 0.1) is 12.1 Å². The van der Waals surface area contributed by atoms with Crippen LogP contribution in [-0.4, -0.2) is 38.9 Å². The van der Waals surface area contributed by atoms with Crippen LogP contribution in [-0.2, 0) is 22.6 Å². The molecule has 1 saturated heterocycles. The molecule has 1 unspecified atom stereocenters. The Morgan fingerprint density at radius 3 is 2.79 bits per heavy atom. The van der Waals surface area contributed by atoms with Crippen LogP contribution in [0.5, 0.6) is 0 Å². The number of para-hydroxylation sites is 1. The van der Waals surface area contributed by atoms with Crippen LogP contribution in [0.15, 0.2) is 22.7 Å². The lowest BCUT2D eigenvalue weighted by Crippen LogP contribution is -2.38. The number of fused-ring (bicyclic) bond motifs is 1. The molecule has 2 N–H and O–H groups in total. The lowest BCUT2D eigenvalue weighted by Gasteiger charge is -2.27. The average molecular weight is 400 g/mol. The molecule has 0 aliphatic carbocycles. The second-order valence-corrected chi connectivity index (χ2v) is 8.15. The Kier molecular flexibility index (Phi) is 4.84. The van der Waals surface area contributed by atoms with E-state index in [0.29, 0.717) is 25.3 Å². The molecule has 3 heterocycles. The molecule has 0 bridgehead atoms. The lowest BCUT2D eigenvalue weighted by atomic mass is 10.1. The summed E-state index contributed by atoms with van der Waals surface area (Å²) in [7, 11) is 0. The topological polar surface area (TPSA) is 105 Å². The van der Waals surface area contributed by atoms with Gasteiger partial charge in [0.15, 0.2) is 5.82 Å². The zero-order valence-electron chi connectivity index (χ0n) is 15.6. The molecule has 2 aliphatic heterocycles. The van der Waals surface area contributed by atoms with Gasteiger partial charge in [-0.2, -0.15) is 0 Å². The van der Waals surface area contributed by atoms with Gasteiger partial charge < -0.3 is 14.7 Å². The maximum absolute atomic E-state index is 12.7. The fourth-order valence-electron chi connectivity index (χ4n) is 3.47. The van der Waals surface area contributed by atoms with Crippen molar-refractivity contribution in [3.63, 3.8) is 0 Å². The van der Waals surface area contributed by atoms with E-state index in [2.05, 4.69) is 15.8 Å². The van der Waals surface area contributed by atoms with E-state index < -0.39 is 16.4 Å². The molecule has 8 nitrogen and oxygen atoms in total. The molecule has 0 spiro atoms. The first-order valence-corrected chi connectivity index (χ1v) is 9.90. The highest BCUT2D eigenvalue weighted by Gasteiger charge is 2.35. The summed E-state index contributed by atoms with van der Waals surface area (Å²) in [4.78, 5) is 37.4. The van der Waals surface area contributed by atoms with E-state index in [1.807, 2.05) is 32.0 Å². The molecule has 4 rings (SSSR count). The van der Waals surface area contributed by atoms with Gasteiger partial charge in [0.25, 0.3) is 5.24 Å². The molecule has 28 heavy (non-hydrogen) atoms. The fourth-order valence-corrected chi connectivity index (χ4v) is 4.28. The van der Waals surface area contributed by atoms with Gasteiger partial charge in [0.2, 0.25) is 11.8 Å². The van der Waals surface area contributed by atoms with E-state index in [1.165, 1.54) is 0 Å². The summed E-state index contributed by atoms with van der Waals surface area (Å²) in [6, 6.07) is 6.03. The minimum atomic E-state index is -0.656. The van der Waals surface area contributed by atoms with E-state index in [1.54, 1.807) is 4.90 Å². The summed E-state index contributed by atoms with van der Waals surface area (Å²) in [5.74, 6) is 0.810. The minimum Gasteiger partial charge on any atom is -0.359 e. The Morgan fingerprint density at radius 2 is 2.11 bits per heavy atom. The zero-order valence-corrected chi connectivity index (χ0v) is 16.4. The monoisotopic (exact) mass is 400 g/mol. The summed E-state index contributed by atoms with van der Waals surface area (Å²) in [5, 5.41) is 8.65. The van der Waals surface area contributed by atoms with Gasteiger partial charge >= 0.3 is 0 Å². The van der Waals surface area contributed by atoms with Gasteiger partial charge in [-0.1, -0.05) is 35.1 Å². The molecule has 1 aromatic heterocycles. The number of aromatic nitrogens is 1. The quantitative estimate of drug-likeness (QED) is 0.813. The van der Waals surface area contributed by atoms with E-state index in [9.17, 15) is 14.4 Å². The molecule has 2 aliphatic rings. The Hall–Kier alpha value is -2.81. The number of amides is 3. The third-order valence-electron chi connectivity index (χ3n) is 5.03. The van der Waals surface area contributed by atoms with E-state index >= 15 is 0 Å². The molecule has 9 heteroatoms. The fraction of sp³-hybridized carbons (Fsp3) is 0.368. The van der Waals surface area contributed by atoms with E-state index in [0.717, 1.165) is 39.9 Å². The predicted octanol–water partition coefficient (Wildman–Crippen LogP) is 2.66. The summed E-state index contributed by atoms with van der Waals surface area (Å²) < 4.78 is 5.47.